The Morgan fingerprint density at radius 2 is 1.88 bits per heavy atom. The highest BCUT2D eigenvalue weighted by Crippen LogP contribution is 2.33. The molecule has 0 spiro atoms. The van der Waals surface area contributed by atoms with Crippen LogP contribution in [-0.2, 0) is 0 Å². The normalized spacial score (nSPS) is 10.5. The number of methoxy groups -OCH3 is 2. The Balaban J connectivity index is 2.25. The molecule has 0 radical (unpaired) electrons. The minimum Gasteiger partial charge on any atom is -0.493 e. The topological polar surface area (TPSA) is 103 Å². The zero-order chi connectivity index (χ0) is 18.4. The van der Waals surface area contributed by atoms with Crippen LogP contribution in [-0.4, -0.2) is 31.3 Å². The van der Waals surface area contributed by atoms with Gasteiger partial charge in [0.2, 0.25) is 0 Å². The monoisotopic (exact) mass is 343 g/mol. The highest BCUT2D eigenvalue weighted by atomic mass is 16.6. The van der Waals surface area contributed by atoms with E-state index >= 15 is 0 Å². The summed E-state index contributed by atoms with van der Waals surface area (Å²) in [4.78, 5) is 22.7. The molecule has 0 aliphatic carbocycles. The van der Waals surface area contributed by atoms with Crippen LogP contribution in [0, 0.1) is 17.0 Å². The van der Waals surface area contributed by atoms with E-state index in [9.17, 15) is 14.9 Å². The molecule has 0 atom stereocenters. The summed E-state index contributed by atoms with van der Waals surface area (Å²) < 4.78 is 10.2. The first-order chi connectivity index (χ1) is 12.0. The first-order valence-electron chi connectivity index (χ1n) is 7.26. The van der Waals surface area contributed by atoms with E-state index in [2.05, 4.69) is 10.5 Å². The van der Waals surface area contributed by atoms with Crippen LogP contribution < -0.4 is 14.9 Å². The summed E-state index contributed by atoms with van der Waals surface area (Å²) in [6.45, 7) is 1.87. The molecular weight excluding hydrogens is 326 g/mol. The van der Waals surface area contributed by atoms with Crippen LogP contribution in [0.15, 0.2) is 41.5 Å². The van der Waals surface area contributed by atoms with Crippen LogP contribution in [0.4, 0.5) is 5.69 Å². The number of nitro groups is 1. The van der Waals surface area contributed by atoms with Crippen molar-refractivity contribution in [3.63, 3.8) is 0 Å². The van der Waals surface area contributed by atoms with Gasteiger partial charge in [0.25, 0.3) is 11.6 Å². The average Bonchev–Trinajstić information content (AvgIpc) is 2.60. The van der Waals surface area contributed by atoms with Crippen LogP contribution >= 0.6 is 0 Å². The van der Waals surface area contributed by atoms with Crippen molar-refractivity contribution in [2.24, 2.45) is 5.10 Å². The molecule has 8 heteroatoms. The van der Waals surface area contributed by atoms with Crippen LogP contribution in [0.5, 0.6) is 11.5 Å². The number of nitrogens with one attached hydrogen (secondary N) is 1. The SMILES string of the molecule is COc1cc(C=NNC(=O)c2cccc(C)c2)c([N+](=O)[O-])cc1OC. The van der Waals surface area contributed by atoms with Crippen molar-refractivity contribution in [1.82, 2.24) is 5.43 Å². The average molecular weight is 343 g/mol. The van der Waals surface area contributed by atoms with Crippen LogP contribution in [0.1, 0.15) is 21.5 Å². The van der Waals surface area contributed by atoms with Crippen molar-refractivity contribution in [2.45, 2.75) is 6.92 Å². The van der Waals surface area contributed by atoms with Crippen molar-refractivity contribution in [3.05, 3.63) is 63.2 Å². The highest BCUT2D eigenvalue weighted by molar-refractivity contribution is 5.95. The van der Waals surface area contributed by atoms with Crippen molar-refractivity contribution in [3.8, 4) is 11.5 Å². The second-order valence-corrected chi connectivity index (χ2v) is 5.09. The van der Waals surface area contributed by atoms with Crippen LogP contribution in [0.3, 0.4) is 0 Å². The standard InChI is InChI=1S/C17H17N3O5/c1-11-5-4-6-12(7-11)17(21)19-18-10-13-8-15(24-2)16(25-3)9-14(13)20(22)23/h4-10H,1-3H3,(H,19,21). The molecule has 2 aromatic rings. The van der Waals surface area contributed by atoms with Crippen molar-refractivity contribution in [2.75, 3.05) is 14.2 Å². The summed E-state index contributed by atoms with van der Waals surface area (Å²) in [6.07, 6.45) is 1.19. The number of nitrogens with zero attached hydrogens (tertiary/aromatic N) is 2. The number of ether oxygens (including phenoxy) is 2. The maximum atomic E-state index is 12.0. The molecule has 0 fully saturated rings. The number of benzene rings is 2. The van der Waals surface area contributed by atoms with Gasteiger partial charge in [-0.15, -0.1) is 0 Å². The Morgan fingerprint density at radius 3 is 2.48 bits per heavy atom. The van der Waals surface area contributed by atoms with Gasteiger partial charge < -0.3 is 9.47 Å². The fourth-order valence-corrected chi connectivity index (χ4v) is 2.16. The summed E-state index contributed by atoms with van der Waals surface area (Å²) >= 11 is 0. The van der Waals surface area contributed by atoms with E-state index in [0.717, 1.165) is 5.56 Å². The molecule has 2 aromatic carbocycles. The fraction of sp³-hybridized carbons (Fsp3) is 0.176. The van der Waals surface area contributed by atoms with Crippen LogP contribution in [0.2, 0.25) is 0 Å². The molecule has 0 unspecified atom stereocenters. The molecule has 0 aliphatic rings. The number of carbonyl (C=O) groups is 1. The maximum absolute atomic E-state index is 12.0. The van der Waals surface area contributed by atoms with Crippen molar-refractivity contribution in [1.29, 1.82) is 0 Å². The van der Waals surface area contributed by atoms with E-state index in [1.54, 1.807) is 18.2 Å². The van der Waals surface area contributed by atoms with E-state index in [4.69, 9.17) is 9.47 Å². The van der Waals surface area contributed by atoms with Gasteiger partial charge in [-0.25, -0.2) is 5.43 Å². The lowest BCUT2D eigenvalue weighted by Crippen LogP contribution is -2.17. The molecule has 0 aliphatic heterocycles. The molecule has 2 rings (SSSR count). The van der Waals surface area contributed by atoms with Gasteiger partial charge in [-0.2, -0.15) is 5.10 Å². The molecule has 0 heterocycles. The zero-order valence-electron chi connectivity index (χ0n) is 14.0. The number of hydrazone groups is 1. The number of rotatable bonds is 6. The number of hydrogen-bond donors (Lipinski definition) is 1. The third-order valence-electron chi connectivity index (χ3n) is 3.38. The summed E-state index contributed by atoms with van der Waals surface area (Å²) in [7, 11) is 2.81. The van der Waals surface area contributed by atoms with Crippen LogP contribution in [0.25, 0.3) is 0 Å². The lowest BCUT2D eigenvalue weighted by Gasteiger charge is -2.08. The molecular formula is C17H17N3O5. The number of aryl methyl sites for hydroxylation is 1. The van der Waals surface area contributed by atoms with Gasteiger partial charge in [0.05, 0.1) is 37.0 Å². The Bertz CT molecular complexity index is 833. The molecule has 8 nitrogen and oxygen atoms in total. The van der Waals surface area contributed by atoms with Gasteiger partial charge in [-0.3, -0.25) is 14.9 Å². The number of amides is 1. The van der Waals surface area contributed by atoms with E-state index < -0.39 is 10.8 Å². The van der Waals surface area contributed by atoms with Crippen molar-refractivity contribution < 1.29 is 19.2 Å². The lowest BCUT2D eigenvalue weighted by molar-refractivity contribution is -0.385. The Kier molecular flexibility index (Phi) is 5.67. The zero-order valence-corrected chi connectivity index (χ0v) is 14.0. The molecule has 0 saturated carbocycles. The third-order valence-corrected chi connectivity index (χ3v) is 3.38. The molecule has 130 valence electrons. The Morgan fingerprint density at radius 1 is 1.20 bits per heavy atom. The summed E-state index contributed by atoms with van der Waals surface area (Å²) in [5, 5.41) is 15.0. The summed E-state index contributed by atoms with van der Waals surface area (Å²) in [5.41, 5.74) is 3.68. The second kappa shape index (κ2) is 7.91. The molecule has 1 N–H and O–H groups in total. The van der Waals surface area contributed by atoms with Gasteiger partial charge in [0.15, 0.2) is 11.5 Å². The predicted molar refractivity (Wildman–Crippen MR) is 92.4 cm³/mol. The molecule has 0 bridgehead atoms. The lowest BCUT2D eigenvalue weighted by atomic mass is 10.1. The maximum Gasteiger partial charge on any atom is 0.282 e. The molecule has 0 aromatic heterocycles. The van der Waals surface area contributed by atoms with Gasteiger partial charge in [0, 0.05) is 5.56 Å². The van der Waals surface area contributed by atoms with Gasteiger partial charge >= 0.3 is 0 Å². The highest BCUT2D eigenvalue weighted by Gasteiger charge is 2.18. The number of hydrogen-bond acceptors (Lipinski definition) is 6. The first kappa shape index (κ1) is 17.9. The van der Waals surface area contributed by atoms with E-state index in [0.29, 0.717) is 11.3 Å². The van der Waals surface area contributed by atoms with E-state index in [1.807, 2.05) is 13.0 Å². The summed E-state index contributed by atoms with van der Waals surface area (Å²) in [6, 6.07) is 9.64. The third kappa shape index (κ3) is 4.31. The smallest absolute Gasteiger partial charge is 0.282 e. The fourth-order valence-electron chi connectivity index (χ4n) is 2.16. The molecule has 1 amide bonds. The van der Waals surface area contributed by atoms with Gasteiger partial charge in [-0.1, -0.05) is 17.7 Å². The predicted octanol–water partition coefficient (Wildman–Crippen LogP) is 2.68. The van der Waals surface area contributed by atoms with E-state index in [1.165, 1.54) is 32.6 Å². The Hall–Kier alpha value is -3.42. The van der Waals surface area contributed by atoms with Crippen molar-refractivity contribution >= 4 is 17.8 Å². The minimum absolute atomic E-state index is 0.173. The first-order valence-corrected chi connectivity index (χ1v) is 7.26. The minimum atomic E-state index is -0.564. The number of nitro benzene ring substituents is 1. The van der Waals surface area contributed by atoms with E-state index in [-0.39, 0.29) is 17.0 Å². The molecule has 0 saturated heterocycles. The summed E-state index contributed by atoms with van der Waals surface area (Å²) in [5.74, 6) is 0.137. The second-order valence-electron chi connectivity index (χ2n) is 5.09. The van der Waals surface area contributed by atoms with Gasteiger partial charge in [-0.05, 0) is 25.1 Å². The molecule has 25 heavy (non-hydrogen) atoms. The quantitative estimate of drug-likeness (QED) is 0.493. The largest absolute Gasteiger partial charge is 0.493 e. The Labute approximate surface area is 144 Å². The van der Waals surface area contributed by atoms with Gasteiger partial charge in [0.1, 0.15) is 0 Å². The number of carbonyl (C=O) groups excluding carboxylic acids is 1.